The van der Waals surface area contributed by atoms with E-state index in [4.69, 9.17) is 4.74 Å². The Kier molecular flexibility index (Phi) is 8.12. The van der Waals surface area contributed by atoms with Crippen LogP contribution < -0.4 is 0 Å². The highest BCUT2D eigenvalue weighted by Gasteiger charge is 2.60. The largest absolute Gasteiger partial charge is 0.447 e. The molecule has 1 heterocycles. The van der Waals surface area contributed by atoms with Gasteiger partial charge < -0.3 is 19.6 Å². The van der Waals surface area contributed by atoms with Crippen molar-refractivity contribution in [2.24, 2.45) is 46.3 Å². The number of nitrogens with zero attached hydrogens (tertiary/aromatic N) is 2. The van der Waals surface area contributed by atoms with Crippen molar-refractivity contribution < 1.29 is 19.4 Å². The summed E-state index contributed by atoms with van der Waals surface area (Å²) in [6.45, 7) is 13.7. The van der Waals surface area contributed by atoms with E-state index < -0.39 is 0 Å². The number of hydrogen-bond acceptors (Lipinski definition) is 4. The molecule has 0 unspecified atom stereocenters. The van der Waals surface area contributed by atoms with Crippen molar-refractivity contribution in [3.63, 3.8) is 0 Å². The Morgan fingerprint density at radius 1 is 0.868 bits per heavy atom. The molecule has 4 saturated carbocycles. The van der Waals surface area contributed by atoms with Crippen LogP contribution in [0.1, 0.15) is 105 Å². The quantitative estimate of drug-likeness (QED) is 0.465. The van der Waals surface area contributed by atoms with Gasteiger partial charge in [0.15, 0.2) is 0 Å². The first kappa shape index (κ1) is 28.2. The van der Waals surface area contributed by atoms with E-state index in [0.29, 0.717) is 49.3 Å². The summed E-state index contributed by atoms with van der Waals surface area (Å²) < 4.78 is 5.32. The summed E-state index contributed by atoms with van der Waals surface area (Å²) >= 11 is 0. The molecule has 2 amide bonds. The third-order valence-electron chi connectivity index (χ3n) is 12.4. The highest BCUT2D eigenvalue weighted by Crippen LogP contribution is 2.68. The highest BCUT2D eigenvalue weighted by molar-refractivity contribution is 5.76. The number of ether oxygens (including phenoxy) is 1. The lowest BCUT2D eigenvalue weighted by atomic mass is 9.44. The van der Waals surface area contributed by atoms with E-state index in [0.717, 1.165) is 48.9 Å². The van der Waals surface area contributed by atoms with Crippen LogP contribution in [-0.2, 0) is 9.53 Å². The Labute approximate surface area is 231 Å². The predicted molar refractivity (Wildman–Crippen MR) is 149 cm³/mol. The molecule has 1 saturated heterocycles. The number of carbonyl (C=O) groups excluding carboxylic acids is 2. The molecular weight excluding hydrogens is 476 g/mol. The minimum atomic E-state index is -0.261. The van der Waals surface area contributed by atoms with E-state index >= 15 is 0 Å². The molecule has 0 aromatic heterocycles. The maximum Gasteiger partial charge on any atom is 0.410 e. The van der Waals surface area contributed by atoms with Crippen LogP contribution in [0, 0.1) is 46.3 Å². The Balaban J connectivity index is 1.14. The SMILES string of the molecule is CC(C)OC(=O)N1CCN(C(=O)CC[C@@H](C)[C@H]2CC[C@H]3[C@@H]4CC[C@H]5C[C@@H](O)CC[C@]5(C)[C@H]4CC[C@]23C)CC1. The van der Waals surface area contributed by atoms with Gasteiger partial charge in [-0.1, -0.05) is 20.8 Å². The predicted octanol–water partition coefficient (Wildman–Crippen LogP) is 6.11. The minimum absolute atomic E-state index is 0.0665. The second-order valence-electron chi connectivity index (χ2n) is 14.6. The Morgan fingerprint density at radius 3 is 2.24 bits per heavy atom. The van der Waals surface area contributed by atoms with E-state index in [1.807, 2.05) is 18.7 Å². The van der Waals surface area contributed by atoms with Gasteiger partial charge >= 0.3 is 6.09 Å². The van der Waals surface area contributed by atoms with Crippen LogP contribution in [0.4, 0.5) is 4.79 Å². The molecule has 5 aliphatic rings. The number of aliphatic hydroxyl groups is 1. The molecule has 4 aliphatic carbocycles. The Hall–Kier alpha value is -1.30. The first-order chi connectivity index (χ1) is 18.0. The van der Waals surface area contributed by atoms with Gasteiger partial charge in [0.05, 0.1) is 12.2 Å². The van der Waals surface area contributed by atoms with Crippen LogP contribution in [0.25, 0.3) is 0 Å². The summed E-state index contributed by atoms with van der Waals surface area (Å²) in [5.41, 5.74) is 0.860. The number of carbonyl (C=O) groups is 2. The molecule has 5 fully saturated rings. The molecule has 6 nitrogen and oxygen atoms in total. The summed E-state index contributed by atoms with van der Waals surface area (Å²) in [4.78, 5) is 28.9. The van der Waals surface area contributed by atoms with Gasteiger partial charge in [-0.25, -0.2) is 4.79 Å². The van der Waals surface area contributed by atoms with Crippen LogP contribution in [0.15, 0.2) is 0 Å². The number of aliphatic hydroxyl groups excluding tert-OH is 1. The molecule has 6 heteroatoms. The number of hydrogen-bond donors (Lipinski definition) is 1. The van der Waals surface area contributed by atoms with Crippen molar-refractivity contribution in [2.75, 3.05) is 26.2 Å². The fourth-order valence-electron chi connectivity index (χ4n) is 10.3. The number of amides is 2. The monoisotopic (exact) mass is 530 g/mol. The van der Waals surface area contributed by atoms with Crippen LogP contribution >= 0.6 is 0 Å². The molecule has 216 valence electrons. The molecule has 38 heavy (non-hydrogen) atoms. The van der Waals surface area contributed by atoms with Gasteiger partial charge in [-0.05, 0) is 124 Å². The third kappa shape index (κ3) is 5.12. The van der Waals surface area contributed by atoms with Gasteiger partial charge in [0.1, 0.15) is 0 Å². The van der Waals surface area contributed by atoms with Gasteiger partial charge in [-0.3, -0.25) is 4.79 Å². The molecule has 0 spiro atoms. The topological polar surface area (TPSA) is 70.1 Å². The molecule has 1 N–H and O–H groups in total. The van der Waals surface area contributed by atoms with Crippen LogP contribution in [0.5, 0.6) is 0 Å². The van der Waals surface area contributed by atoms with Gasteiger partial charge in [-0.2, -0.15) is 0 Å². The zero-order chi connectivity index (χ0) is 27.2. The van der Waals surface area contributed by atoms with Crippen molar-refractivity contribution in [1.82, 2.24) is 9.80 Å². The summed E-state index contributed by atoms with van der Waals surface area (Å²) in [5.74, 6) is 4.83. The first-order valence-electron chi connectivity index (χ1n) is 15.9. The van der Waals surface area contributed by atoms with Crippen LogP contribution in [0.2, 0.25) is 0 Å². The zero-order valence-electron chi connectivity index (χ0n) is 24.8. The lowest BCUT2D eigenvalue weighted by molar-refractivity contribution is -0.134. The van der Waals surface area contributed by atoms with Crippen LogP contribution in [-0.4, -0.2) is 65.3 Å². The van der Waals surface area contributed by atoms with Gasteiger partial charge in [0, 0.05) is 32.6 Å². The van der Waals surface area contributed by atoms with E-state index in [1.54, 1.807) is 4.90 Å². The molecule has 5 rings (SSSR count). The maximum atomic E-state index is 13.1. The van der Waals surface area contributed by atoms with Crippen molar-refractivity contribution in [3.05, 3.63) is 0 Å². The maximum absolute atomic E-state index is 13.1. The molecule has 0 aromatic rings. The number of fused-ring (bicyclic) bond motifs is 5. The second-order valence-corrected chi connectivity index (χ2v) is 14.6. The van der Waals surface area contributed by atoms with Crippen molar-refractivity contribution in [2.45, 2.75) is 117 Å². The average molecular weight is 531 g/mol. The van der Waals surface area contributed by atoms with Gasteiger partial charge in [-0.15, -0.1) is 0 Å². The lowest BCUT2D eigenvalue weighted by Crippen LogP contribution is -2.54. The molecule has 9 atom stereocenters. The standard InChI is InChI=1S/C32H54N2O4/c1-21(2)38-30(37)34-18-16-33(17-19-34)29(36)11-6-22(3)26-9-10-27-25-8-7-23-20-24(35)12-14-31(23,4)28(25)13-15-32(26,27)5/h21-28,35H,6-20H2,1-5H3/t22-,23+,24+,25+,26-,27+,28+,31+,32-/m1/s1. The third-order valence-corrected chi connectivity index (χ3v) is 12.4. The summed E-state index contributed by atoms with van der Waals surface area (Å²) in [5, 5.41) is 10.3. The van der Waals surface area contributed by atoms with E-state index in [9.17, 15) is 14.7 Å². The minimum Gasteiger partial charge on any atom is -0.447 e. The molecule has 1 aliphatic heterocycles. The lowest BCUT2D eigenvalue weighted by Gasteiger charge is -2.61. The number of rotatable bonds is 5. The Morgan fingerprint density at radius 2 is 1.53 bits per heavy atom. The fourth-order valence-corrected chi connectivity index (χ4v) is 10.3. The zero-order valence-corrected chi connectivity index (χ0v) is 24.8. The molecular formula is C32H54N2O4. The van der Waals surface area contributed by atoms with Crippen molar-refractivity contribution in [1.29, 1.82) is 0 Å². The summed E-state index contributed by atoms with van der Waals surface area (Å²) in [6.07, 6.45) is 12.5. The second kappa shape index (κ2) is 10.9. The number of piperazine rings is 1. The molecule has 0 radical (unpaired) electrons. The van der Waals surface area contributed by atoms with E-state index in [-0.39, 0.29) is 24.2 Å². The molecule has 0 aromatic carbocycles. The first-order valence-corrected chi connectivity index (χ1v) is 15.9. The van der Waals surface area contributed by atoms with E-state index in [1.165, 1.54) is 44.9 Å². The summed E-state index contributed by atoms with van der Waals surface area (Å²) in [7, 11) is 0. The van der Waals surface area contributed by atoms with Gasteiger partial charge in [0.25, 0.3) is 0 Å². The average Bonchev–Trinajstić information content (AvgIpc) is 3.24. The van der Waals surface area contributed by atoms with Crippen molar-refractivity contribution >= 4 is 12.0 Å². The normalized spacial score (nSPS) is 41.8. The van der Waals surface area contributed by atoms with Gasteiger partial charge in [0.2, 0.25) is 5.91 Å². The Bertz CT molecular complexity index is 870. The smallest absolute Gasteiger partial charge is 0.410 e. The van der Waals surface area contributed by atoms with Crippen LogP contribution in [0.3, 0.4) is 0 Å². The molecule has 0 bridgehead atoms. The highest BCUT2D eigenvalue weighted by atomic mass is 16.6. The van der Waals surface area contributed by atoms with Crippen molar-refractivity contribution in [3.8, 4) is 0 Å². The van der Waals surface area contributed by atoms with E-state index in [2.05, 4.69) is 20.8 Å². The fraction of sp³-hybridized carbons (Fsp3) is 0.938. The summed E-state index contributed by atoms with van der Waals surface area (Å²) in [6, 6.07) is 0.